The second-order valence-corrected chi connectivity index (χ2v) is 14.3. The minimum absolute atomic E-state index is 0.0218. The summed E-state index contributed by atoms with van der Waals surface area (Å²) in [4.78, 5) is 0. The molecule has 0 atom stereocenters. The maximum absolute atomic E-state index is 11.3. The second-order valence-electron chi connectivity index (χ2n) is 9.14. The van der Waals surface area contributed by atoms with Gasteiger partial charge in [0.2, 0.25) is 0 Å². The van der Waals surface area contributed by atoms with Crippen LogP contribution in [0.1, 0.15) is 47.9 Å². The first-order valence-electron chi connectivity index (χ1n) is 11.7. The van der Waals surface area contributed by atoms with Crippen molar-refractivity contribution in [2.75, 3.05) is 23.0 Å². The molecule has 4 rings (SSSR count). The third kappa shape index (κ3) is 8.17. The smallest absolute Gasteiger partial charge is 0.150 e. The molecule has 0 amide bonds. The van der Waals surface area contributed by atoms with Gasteiger partial charge in [-0.15, -0.1) is 0 Å². The van der Waals surface area contributed by atoms with Crippen LogP contribution in [0.5, 0.6) is 11.5 Å². The Morgan fingerprint density at radius 3 is 1.44 bits per heavy atom. The van der Waals surface area contributed by atoms with E-state index in [9.17, 15) is 8.42 Å². The fourth-order valence-corrected chi connectivity index (χ4v) is 7.08. The van der Waals surface area contributed by atoms with Crippen molar-refractivity contribution in [3.8, 4) is 11.5 Å². The molecule has 2 aliphatic rings. The zero-order valence-electron chi connectivity index (χ0n) is 20.3. The van der Waals surface area contributed by atoms with Gasteiger partial charge in [-0.3, -0.25) is 0 Å². The molecule has 4 nitrogen and oxygen atoms in total. The zero-order chi connectivity index (χ0) is 24.9. The van der Waals surface area contributed by atoms with E-state index in [4.69, 9.17) is 9.47 Å². The lowest BCUT2D eigenvalue weighted by Gasteiger charge is -2.23. The number of sulfone groups is 1. The first-order chi connectivity index (χ1) is 16.0. The number of thioether (sulfide) groups is 1. The van der Waals surface area contributed by atoms with Gasteiger partial charge in [-0.05, 0) is 111 Å². The predicted molar refractivity (Wildman–Crippen MR) is 151 cm³/mol. The maximum Gasteiger partial charge on any atom is 0.150 e. The van der Waals surface area contributed by atoms with Gasteiger partial charge < -0.3 is 9.47 Å². The number of aryl methyl sites for hydroxylation is 4. The van der Waals surface area contributed by atoms with Crippen LogP contribution >= 0.6 is 43.6 Å². The van der Waals surface area contributed by atoms with Crippen LogP contribution in [0.2, 0.25) is 0 Å². The summed E-state index contributed by atoms with van der Waals surface area (Å²) in [6.45, 7) is 8.27. The summed E-state index contributed by atoms with van der Waals surface area (Å²) in [6.07, 6.45) is 3.99. The SMILES string of the molecule is Cc1cc(OC2CCS(=O)(=O)CC2)cc(C)c1Br.Cc1cc(OC2CCSCC2)cc(C)c1Br. The van der Waals surface area contributed by atoms with Crippen molar-refractivity contribution < 1.29 is 17.9 Å². The third-order valence-electron chi connectivity index (χ3n) is 6.10. The highest BCUT2D eigenvalue weighted by atomic mass is 79.9. The van der Waals surface area contributed by atoms with Gasteiger partial charge in [0.25, 0.3) is 0 Å². The van der Waals surface area contributed by atoms with Crippen LogP contribution in [0.3, 0.4) is 0 Å². The lowest BCUT2D eigenvalue weighted by molar-refractivity contribution is 0.189. The van der Waals surface area contributed by atoms with Crippen LogP contribution in [0, 0.1) is 27.7 Å². The van der Waals surface area contributed by atoms with Crippen molar-refractivity contribution in [2.45, 2.75) is 65.6 Å². The first-order valence-corrected chi connectivity index (χ1v) is 16.3. The van der Waals surface area contributed by atoms with E-state index in [0.717, 1.165) is 27.1 Å². The lowest BCUT2D eigenvalue weighted by atomic mass is 10.1. The molecule has 2 saturated heterocycles. The molecule has 34 heavy (non-hydrogen) atoms. The van der Waals surface area contributed by atoms with Gasteiger partial charge in [0, 0.05) is 8.95 Å². The minimum atomic E-state index is -2.82. The topological polar surface area (TPSA) is 52.6 Å². The second kappa shape index (κ2) is 12.5. The van der Waals surface area contributed by atoms with E-state index in [0.29, 0.717) is 18.9 Å². The Hall–Kier alpha value is -0.700. The lowest BCUT2D eigenvalue weighted by Crippen LogP contribution is -2.30. The molecule has 0 aliphatic carbocycles. The van der Waals surface area contributed by atoms with Gasteiger partial charge in [0.05, 0.1) is 11.5 Å². The summed E-state index contributed by atoms with van der Waals surface area (Å²) < 4.78 is 36.9. The molecule has 2 fully saturated rings. The van der Waals surface area contributed by atoms with Crippen molar-refractivity contribution >= 4 is 53.5 Å². The Labute approximate surface area is 225 Å². The standard InChI is InChI=1S/C13H17BrO3S.C13H17BrOS/c1-9-7-12(8-10(2)13(9)14)17-11-3-5-18(15,16)6-4-11;1-9-7-12(8-10(2)13(9)14)15-11-3-5-16-6-4-11/h7-8,11H,3-6H2,1-2H3;7-8,11H,3-6H2,1-2H3. The fourth-order valence-electron chi connectivity index (χ4n) is 4.11. The van der Waals surface area contributed by atoms with E-state index in [1.807, 2.05) is 37.7 Å². The number of hydrogen-bond donors (Lipinski definition) is 0. The Morgan fingerprint density at radius 1 is 0.706 bits per heavy atom. The van der Waals surface area contributed by atoms with Crippen LogP contribution in [-0.2, 0) is 9.84 Å². The van der Waals surface area contributed by atoms with Crippen molar-refractivity contribution in [1.82, 2.24) is 0 Å². The molecule has 0 saturated carbocycles. The van der Waals surface area contributed by atoms with Crippen LogP contribution in [0.4, 0.5) is 0 Å². The third-order valence-corrected chi connectivity index (χ3v) is 11.4. The summed E-state index contributed by atoms with van der Waals surface area (Å²) >= 11 is 9.13. The molecular formula is C26H34Br2O4S2. The number of halogens is 2. The van der Waals surface area contributed by atoms with Crippen molar-refractivity contribution in [2.24, 2.45) is 0 Å². The highest BCUT2D eigenvalue weighted by Gasteiger charge is 2.25. The molecule has 188 valence electrons. The van der Waals surface area contributed by atoms with Crippen molar-refractivity contribution in [1.29, 1.82) is 0 Å². The molecule has 0 radical (unpaired) electrons. The highest BCUT2D eigenvalue weighted by Crippen LogP contribution is 2.30. The van der Waals surface area contributed by atoms with Crippen molar-refractivity contribution in [3.63, 3.8) is 0 Å². The molecule has 2 aliphatic heterocycles. The zero-order valence-corrected chi connectivity index (χ0v) is 25.1. The maximum atomic E-state index is 11.3. The minimum Gasteiger partial charge on any atom is -0.490 e. The molecule has 2 aromatic rings. The van der Waals surface area contributed by atoms with E-state index < -0.39 is 9.84 Å². The van der Waals surface area contributed by atoms with E-state index in [2.05, 4.69) is 57.8 Å². The number of rotatable bonds is 4. The number of hydrogen-bond acceptors (Lipinski definition) is 5. The summed E-state index contributed by atoms with van der Waals surface area (Å²) in [6, 6.07) is 8.22. The van der Waals surface area contributed by atoms with Gasteiger partial charge in [0.1, 0.15) is 23.7 Å². The fraction of sp³-hybridized carbons (Fsp3) is 0.538. The average molecular weight is 634 g/mol. The Balaban J connectivity index is 0.000000192. The molecule has 2 aromatic carbocycles. The van der Waals surface area contributed by atoms with Gasteiger partial charge in [-0.1, -0.05) is 31.9 Å². The molecule has 0 spiro atoms. The van der Waals surface area contributed by atoms with Crippen LogP contribution in [0.15, 0.2) is 33.2 Å². The average Bonchev–Trinajstić information content (AvgIpc) is 2.78. The van der Waals surface area contributed by atoms with Crippen LogP contribution in [-0.4, -0.2) is 43.6 Å². The summed E-state index contributed by atoms with van der Waals surface area (Å²) in [5.74, 6) is 4.81. The molecule has 0 unspecified atom stereocenters. The van der Waals surface area contributed by atoms with Crippen LogP contribution in [0.25, 0.3) is 0 Å². The Kier molecular flexibility index (Phi) is 10.3. The number of benzene rings is 2. The first kappa shape index (κ1) is 27.9. The molecule has 0 aromatic heterocycles. The number of ether oxygens (including phenoxy) is 2. The van der Waals surface area contributed by atoms with Crippen molar-refractivity contribution in [3.05, 3.63) is 55.5 Å². The van der Waals surface area contributed by atoms with E-state index in [-0.39, 0.29) is 17.6 Å². The van der Waals surface area contributed by atoms with Crippen LogP contribution < -0.4 is 9.47 Å². The molecule has 2 heterocycles. The van der Waals surface area contributed by atoms with Gasteiger partial charge >= 0.3 is 0 Å². The van der Waals surface area contributed by atoms with Gasteiger partial charge in [0.15, 0.2) is 9.84 Å². The Bertz CT molecular complexity index is 1040. The monoisotopic (exact) mass is 632 g/mol. The Morgan fingerprint density at radius 2 is 1.06 bits per heavy atom. The van der Waals surface area contributed by atoms with Gasteiger partial charge in [-0.25, -0.2) is 8.42 Å². The van der Waals surface area contributed by atoms with Gasteiger partial charge in [-0.2, -0.15) is 11.8 Å². The summed E-state index contributed by atoms with van der Waals surface area (Å²) in [7, 11) is -2.82. The van der Waals surface area contributed by atoms with E-state index in [1.165, 1.54) is 39.9 Å². The molecule has 0 bridgehead atoms. The molecular weight excluding hydrogens is 600 g/mol. The summed E-state index contributed by atoms with van der Waals surface area (Å²) in [5.41, 5.74) is 4.77. The highest BCUT2D eigenvalue weighted by molar-refractivity contribution is 9.10. The summed E-state index contributed by atoms with van der Waals surface area (Å²) in [5, 5.41) is 0. The normalized spacial score (nSPS) is 18.6. The molecule has 8 heteroatoms. The largest absolute Gasteiger partial charge is 0.490 e. The van der Waals surface area contributed by atoms with E-state index >= 15 is 0 Å². The van der Waals surface area contributed by atoms with E-state index in [1.54, 1.807) is 0 Å². The molecule has 0 N–H and O–H groups in total. The predicted octanol–water partition coefficient (Wildman–Crippen LogP) is 7.36. The quantitative estimate of drug-likeness (QED) is 0.352.